The highest BCUT2D eigenvalue weighted by Crippen LogP contribution is 2.21. The van der Waals surface area contributed by atoms with Gasteiger partial charge in [-0.3, -0.25) is 4.79 Å². The van der Waals surface area contributed by atoms with Crippen LogP contribution < -0.4 is 0 Å². The van der Waals surface area contributed by atoms with Gasteiger partial charge in [0.05, 0.1) is 0 Å². The number of unbranched alkanes of at least 4 members (excludes halogenated alkanes) is 6. The molecule has 0 aromatic rings. The van der Waals surface area contributed by atoms with Gasteiger partial charge < -0.3 is 5.11 Å². The first-order valence-electron chi connectivity index (χ1n) is 8.20. The zero-order chi connectivity index (χ0) is 15.1. The number of allylic oxidation sites excluding steroid dienone is 3. The molecule has 0 aliphatic rings. The molecule has 116 valence electrons. The Bertz CT molecular complexity index is 269. The number of aliphatic carboxylic acids is 1. The van der Waals surface area contributed by atoms with E-state index in [1.807, 2.05) is 12.2 Å². The number of hydrogen-bond donors (Lipinski definition) is 1. The lowest BCUT2D eigenvalue weighted by Gasteiger charge is -2.14. The summed E-state index contributed by atoms with van der Waals surface area (Å²) in [6.07, 6.45) is 18.2. The molecule has 0 saturated heterocycles. The van der Waals surface area contributed by atoms with Gasteiger partial charge in [-0.1, -0.05) is 70.3 Å². The molecule has 0 amide bonds. The van der Waals surface area contributed by atoms with Gasteiger partial charge in [0, 0.05) is 6.42 Å². The van der Waals surface area contributed by atoms with Crippen molar-refractivity contribution in [3.8, 4) is 0 Å². The van der Waals surface area contributed by atoms with Gasteiger partial charge in [-0.05, 0) is 31.6 Å². The maximum absolute atomic E-state index is 10.8. The molecule has 0 saturated carbocycles. The summed E-state index contributed by atoms with van der Waals surface area (Å²) in [5.41, 5.74) is 0. The van der Waals surface area contributed by atoms with E-state index in [-0.39, 0.29) is 0 Å². The van der Waals surface area contributed by atoms with Crippen LogP contribution in [-0.2, 0) is 4.79 Å². The van der Waals surface area contributed by atoms with Crippen LogP contribution in [0.4, 0.5) is 0 Å². The summed E-state index contributed by atoms with van der Waals surface area (Å²) in [7, 11) is 0. The van der Waals surface area contributed by atoms with Crippen molar-refractivity contribution in [1.82, 2.24) is 0 Å². The van der Waals surface area contributed by atoms with Crippen molar-refractivity contribution < 1.29 is 9.90 Å². The second kappa shape index (κ2) is 14.4. The highest BCUT2D eigenvalue weighted by Gasteiger charge is 2.12. The Balaban J connectivity index is 3.54. The summed E-state index contributed by atoms with van der Waals surface area (Å²) in [5.74, 6) is -0.247. The monoisotopic (exact) mass is 280 g/mol. The summed E-state index contributed by atoms with van der Waals surface area (Å²) in [6.45, 7) is 5.81. The van der Waals surface area contributed by atoms with E-state index in [0.717, 1.165) is 32.1 Å². The molecule has 0 bridgehead atoms. The Hall–Kier alpha value is -1.05. The summed E-state index contributed by atoms with van der Waals surface area (Å²) in [4.78, 5) is 10.8. The quantitative estimate of drug-likeness (QED) is 0.325. The molecular weight excluding hydrogens is 248 g/mol. The third-order valence-electron chi connectivity index (χ3n) is 3.68. The molecule has 0 heterocycles. The average Bonchev–Trinajstić information content (AvgIpc) is 2.42. The molecule has 0 aliphatic carbocycles. The second-order valence-electron chi connectivity index (χ2n) is 5.62. The Morgan fingerprint density at radius 1 is 1.10 bits per heavy atom. The minimum Gasteiger partial charge on any atom is -0.481 e. The molecule has 2 heteroatoms. The predicted molar refractivity (Wildman–Crippen MR) is 86.9 cm³/mol. The van der Waals surface area contributed by atoms with E-state index in [2.05, 4.69) is 19.6 Å². The van der Waals surface area contributed by atoms with Crippen LogP contribution in [0.15, 0.2) is 24.8 Å². The van der Waals surface area contributed by atoms with Gasteiger partial charge in [-0.15, -0.1) is 0 Å². The number of carboxylic acid groups (broad SMARTS) is 1. The number of hydrogen-bond acceptors (Lipinski definition) is 1. The molecule has 0 fully saturated rings. The lowest BCUT2D eigenvalue weighted by Crippen LogP contribution is -2.08. The van der Waals surface area contributed by atoms with E-state index in [1.165, 1.54) is 32.1 Å². The molecule has 0 spiro atoms. The molecule has 0 aromatic heterocycles. The molecule has 1 atom stereocenters. The first kappa shape index (κ1) is 18.9. The second-order valence-corrected chi connectivity index (χ2v) is 5.62. The van der Waals surface area contributed by atoms with Crippen LogP contribution in [0.2, 0.25) is 0 Å². The number of carbonyl (C=O) groups is 1. The largest absolute Gasteiger partial charge is 0.481 e. The van der Waals surface area contributed by atoms with Crippen molar-refractivity contribution in [3.05, 3.63) is 24.8 Å². The molecular formula is C18H32O2. The SMILES string of the molecule is C=CC=CCCCCCCCC(CCCC)CC(=O)O. The van der Waals surface area contributed by atoms with Gasteiger partial charge in [0.1, 0.15) is 0 Å². The lowest BCUT2D eigenvalue weighted by atomic mass is 9.92. The zero-order valence-corrected chi connectivity index (χ0v) is 13.2. The fraction of sp³-hybridized carbons (Fsp3) is 0.722. The van der Waals surface area contributed by atoms with Crippen molar-refractivity contribution in [2.45, 2.75) is 77.6 Å². The fourth-order valence-corrected chi connectivity index (χ4v) is 2.51. The van der Waals surface area contributed by atoms with Crippen molar-refractivity contribution in [2.75, 3.05) is 0 Å². The highest BCUT2D eigenvalue weighted by molar-refractivity contribution is 5.66. The lowest BCUT2D eigenvalue weighted by molar-refractivity contribution is -0.138. The van der Waals surface area contributed by atoms with Gasteiger partial charge >= 0.3 is 5.97 Å². The van der Waals surface area contributed by atoms with E-state index in [0.29, 0.717) is 12.3 Å². The summed E-state index contributed by atoms with van der Waals surface area (Å²) < 4.78 is 0. The van der Waals surface area contributed by atoms with E-state index < -0.39 is 5.97 Å². The van der Waals surface area contributed by atoms with Crippen LogP contribution in [0.25, 0.3) is 0 Å². The van der Waals surface area contributed by atoms with Crippen molar-refractivity contribution >= 4 is 5.97 Å². The van der Waals surface area contributed by atoms with E-state index in [9.17, 15) is 4.79 Å². The van der Waals surface area contributed by atoms with Crippen LogP contribution in [0.3, 0.4) is 0 Å². The number of rotatable bonds is 14. The van der Waals surface area contributed by atoms with Crippen molar-refractivity contribution in [1.29, 1.82) is 0 Å². The third-order valence-corrected chi connectivity index (χ3v) is 3.68. The van der Waals surface area contributed by atoms with E-state index in [4.69, 9.17) is 5.11 Å². The molecule has 0 radical (unpaired) electrons. The Morgan fingerprint density at radius 3 is 2.40 bits per heavy atom. The normalized spacial score (nSPS) is 12.7. The molecule has 0 aliphatic heterocycles. The highest BCUT2D eigenvalue weighted by atomic mass is 16.4. The summed E-state index contributed by atoms with van der Waals surface area (Å²) in [6, 6.07) is 0. The molecule has 2 nitrogen and oxygen atoms in total. The topological polar surface area (TPSA) is 37.3 Å². The van der Waals surface area contributed by atoms with E-state index >= 15 is 0 Å². The Labute approximate surface area is 125 Å². The first-order chi connectivity index (χ1) is 9.70. The standard InChI is InChI=1S/C18H32O2/c1-3-5-7-8-9-10-11-12-13-15-17(14-6-4-2)16-18(19)20/h3,5,7,17H,1,4,6,8-16H2,2H3,(H,19,20). The Morgan fingerprint density at radius 2 is 1.75 bits per heavy atom. The predicted octanol–water partition coefficient (Wildman–Crippen LogP) is 5.74. The average molecular weight is 280 g/mol. The van der Waals surface area contributed by atoms with Gasteiger partial charge in [0.2, 0.25) is 0 Å². The van der Waals surface area contributed by atoms with Crippen LogP contribution >= 0.6 is 0 Å². The maximum Gasteiger partial charge on any atom is 0.303 e. The fourth-order valence-electron chi connectivity index (χ4n) is 2.51. The minimum atomic E-state index is -0.639. The first-order valence-corrected chi connectivity index (χ1v) is 8.20. The van der Waals surface area contributed by atoms with Gasteiger partial charge in [-0.2, -0.15) is 0 Å². The van der Waals surface area contributed by atoms with Crippen LogP contribution in [-0.4, -0.2) is 11.1 Å². The molecule has 1 unspecified atom stereocenters. The van der Waals surface area contributed by atoms with Gasteiger partial charge in [0.25, 0.3) is 0 Å². The Kier molecular flexibility index (Phi) is 13.6. The smallest absolute Gasteiger partial charge is 0.303 e. The molecule has 20 heavy (non-hydrogen) atoms. The van der Waals surface area contributed by atoms with Crippen molar-refractivity contribution in [2.24, 2.45) is 5.92 Å². The molecule has 0 aromatic carbocycles. The third kappa shape index (κ3) is 13.4. The molecule has 1 N–H and O–H groups in total. The van der Waals surface area contributed by atoms with Crippen LogP contribution in [0, 0.1) is 5.92 Å². The summed E-state index contributed by atoms with van der Waals surface area (Å²) in [5, 5.41) is 8.91. The van der Waals surface area contributed by atoms with Gasteiger partial charge in [0.15, 0.2) is 0 Å². The van der Waals surface area contributed by atoms with E-state index in [1.54, 1.807) is 0 Å². The van der Waals surface area contributed by atoms with Crippen LogP contribution in [0.5, 0.6) is 0 Å². The van der Waals surface area contributed by atoms with Crippen molar-refractivity contribution in [3.63, 3.8) is 0 Å². The zero-order valence-electron chi connectivity index (χ0n) is 13.2. The minimum absolute atomic E-state index is 0.354. The molecule has 0 rings (SSSR count). The summed E-state index contributed by atoms with van der Waals surface area (Å²) >= 11 is 0. The maximum atomic E-state index is 10.8. The number of carboxylic acids is 1. The van der Waals surface area contributed by atoms with Crippen LogP contribution in [0.1, 0.15) is 77.6 Å². The van der Waals surface area contributed by atoms with Gasteiger partial charge in [-0.25, -0.2) is 0 Å².